The Morgan fingerprint density at radius 3 is 3.04 bits per heavy atom. The van der Waals surface area contributed by atoms with Gasteiger partial charge >= 0.3 is 5.97 Å². The number of carboxylic acid groups (broad SMARTS) is 1. The number of carboxylic acids is 1. The smallest absolute Gasteiger partial charge is 0.303 e. The van der Waals surface area contributed by atoms with E-state index in [1.807, 2.05) is 10.7 Å². The quantitative estimate of drug-likeness (QED) is 0.653. The number of aromatic nitrogens is 6. The Balaban J connectivity index is 1.50. The van der Waals surface area contributed by atoms with E-state index in [0.717, 1.165) is 24.5 Å². The first kappa shape index (κ1) is 16.5. The zero-order valence-corrected chi connectivity index (χ0v) is 14.3. The number of aliphatic carboxylic acids is 1. The van der Waals surface area contributed by atoms with Gasteiger partial charge in [-0.05, 0) is 6.07 Å². The fourth-order valence-corrected chi connectivity index (χ4v) is 3.24. The maximum Gasteiger partial charge on any atom is 0.303 e. The van der Waals surface area contributed by atoms with Crippen molar-refractivity contribution >= 4 is 17.0 Å². The van der Waals surface area contributed by atoms with Gasteiger partial charge in [0.15, 0.2) is 5.65 Å². The van der Waals surface area contributed by atoms with Gasteiger partial charge in [0.2, 0.25) is 0 Å². The van der Waals surface area contributed by atoms with Crippen molar-refractivity contribution in [3.63, 3.8) is 0 Å². The standard InChI is InChI=1S/C16H19N7O3/c1-21-15-12(7-17-21)16(26)19-13(18-15)9-22-4-5-23-11(8-22)6-10(20-23)2-3-14(24)25/h6-7H,2-5,8-9H2,1H3,(H,24,25)(H,18,19,26). The van der Waals surface area contributed by atoms with Crippen LogP contribution >= 0.6 is 0 Å². The van der Waals surface area contributed by atoms with Gasteiger partial charge in [0.05, 0.1) is 37.1 Å². The van der Waals surface area contributed by atoms with Crippen LogP contribution in [-0.2, 0) is 37.9 Å². The van der Waals surface area contributed by atoms with E-state index in [-0.39, 0.29) is 12.0 Å². The van der Waals surface area contributed by atoms with Crippen LogP contribution < -0.4 is 5.56 Å². The first-order valence-electron chi connectivity index (χ1n) is 8.40. The molecule has 1 aliphatic rings. The summed E-state index contributed by atoms with van der Waals surface area (Å²) in [5.41, 5.74) is 2.23. The molecule has 0 aliphatic carbocycles. The molecule has 2 N–H and O–H groups in total. The van der Waals surface area contributed by atoms with Crippen LogP contribution in [0.5, 0.6) is 0 Å². The second-order valence-electron chi connectivity index (χ2n) is 6.47. The molecule has 0 unspecified atom stereocenters. The second kappa shape index (κ2) is 6.37. The Kier molecular flexibility index (Phi) is 4.03. The number of fused-ring (bicyclic) bond motifs is 2. The lowest BCUT2D eigenvalue weighted by Gasteiger charge is -2.26. The first-order chi connectivity index (χ1) is 12.5. The minimum atomic E-state index is -0.821. The minimum absolute atomic E-state index is 0.0794. The molecule has 4 rings (SSSR count). The highest BCUT2D eigenvalue weighted by Crippen LogP contribution is 2.16. The molecule has 1 aliphatic heterocycles. The summed E-state index contributed by atoms with van der Waals surface area (Å²) in [6.07, 6.45) is 2.03. The topological polar surface area (TPSA) is 122 Å². The van der Waals surface area contributed by atoms with E-state index < -0.39 is 5.97 Å². The second-order valence-corrected chi connectivity index (χ2v) is 6.47. The van der Waals surface area contributed by atoms with E-state index in [9.17, 15) is 9.59 Å². The largest absolute Gasteiger partial charge is 0.481 e. The third-order valence-electron chi connectivity index (χ3n) is 4.55. The average Bonchev–Trinajstić information content (AvgIpc) is 3.17. The highest BCUT2D eigenvalue weighted by Gasteiger charge is 2.20. The summed E-state index contributed by atoms with van der Waals surface area (Å²) in [6.45, 7) is 2.69. The SMILES string of the molecule is Cn1ncc2c(=O)[nH]c(CN3CCn4nc(CCC(=O)O)cc4C3)nc21. The number of hydrogen-bond donors (Lipinski definition) is 2. The summed E-state index contributed by atoms with van der Waals surface area (Å²) in [5, 5.41) is 17.8. The zero-order chi connectivity index (χ0) is 18.3. The molecule has 3 aromatic heterocycles. The van der Waals surface area contributed by atoms with Crippen LogP contribution in [0.25, 0.3) is 11.0 Å². The Morgan fingerprint density at radius 1 is 1.38 bits per heavy atom. The van der Waals surface area contributed by atoms with Crippen molar-refractivity contribution in [2.45, 2.75) is 32.5 Å². The molecule has 10 heteroatoms. The molecular weight excluding hydrogens is 338 g/mol. The Bertz CT molecular complexity index is 1030. The fourth-order valence-electron chi connectivity index (χ4n) is 3.24. The molecule has 0 spiro atoms. The Morgan fingerprint density at radius 2 is 2.23 bits per heavy atom. The van der Waals surface area contributed by atoms with Crippen LogP contribution in [0.1, 0.15) is 23.6 Å². The molecule has 3 aromatic rings. The van der Waals surface area contributed by atoms with Crippen molar-refractivity contribution in [3.8, 4) is 0 Å². The van der Waals surface area contributed by atoms with E-state index >= 15 is 0 Å². The summed E-state index contributed by atoms with van der Waals surface area (Å²) in [5.74, 6) is -0.219. The van der Waals surface area contributed by atoms with Crippen LogP contribution in [0.3, 0.4) is 0 Å². The predicted octanol–water partition coefficient (Wildman–Crippen LogP) is -0.114. The molecule has 0 saturated carbocycles. The van der Waals surface area contributed by atoms with Crippen molar-refractivity contribution in [2.24, 2.45) is 7.05 Å². The van der Waals surface area contributed by atoms with E-state index in [1.165, 1.54) is 6.20 Å². The summed E-state index contributed by atoms with van der Waals surface area (Å²) in [7, 11) is 1.76. The van der Waals surface area contributed by atoms with Gasteiger partial charge in [0.25, 0.3) is 5.56 Å². The van der Waals surface area contributed by atoms with Crippen molar-refractivity contribution in [2.75, 3.05) is 6.54 Å². The molecular formula is C16H19N7O3. The molecule has 4 heterocycles. The van der Waals surface area contributed by atoms with Gasteiger partial charge in [0, 0.05) is 26.6 Å². The summed E-state index contributed by atoms with van der Waals surface area (Å²) < 4.78 is 3.52. The van der Waals surface area contributed by atoms with Crippen LogP contribution in [-0.4, -0.2) is 52.0 Å². The summed E-state index contributed by atoms with van der Waals surface area (Å²) >= 11 is 0. The number of H-pyrrole nitrogens is 1. The molecule has 0 radical (unpaired) electrons. The molecule has 10 nitrogen and oxygen atoms in total. The maximum atomic E-state index is 12.2. The lowest BCUT2D eigenvalue weighted by atomic mass is 10.2. The van der Waals surface area contributed by atoms with Gasteiger partial charge < -0.3 is 10.1 Å². The highest BCUT2D eigenvalue weighted by molar-refractivity contribution is 5.72. The van der Waals surface area contributed by atoms with Crippen molar-refractivity contribution in [1.29, 1.82) is 0 Å². The van der Waals surface area contributed by atoms with Gasteiger partial charge in [-0.1, -0.05) is 0 Å². The molecule has 0 fully saturated rings. The highest BCUT2D eigenvalue weighted by atomic mass is 16.4. The van der Waals surface area contributed by atoms with Gasteiger partial charge in [0.1, 0.15) is 11.2 Å². The van der Waals surface area contributed by atoms with Crippen LogP contribution in [0, 0.1) is 0 Å². The fraction of sp³-hybridized carbons (Fsp3) is 0.438. The number of nitrogens with one attached hydrogen (secondary N) is 1. The molecule has 0 bridgehead atoms. The van der Waals surface area contributed by atoms with Gasteiger partial charge in [-0.15, -0.1) is 0 Å². The number of aryl methyl sites for hydroxylation is 2. The van der Waals surface area contributed by atoms with E-state index in [0.29, 0.717) is 36.4 Å². The van der Waals surface area contributed by atoms with Crippen molar-refractivity contribution < 1.29 is 9.90 Å². The van der Waals surface area contributed by atoms with Crippen LogP contribution in [0.4, 0.5) is 0 Å². The first-order valence-corrected chi connectivity index (χ1v) is 8.40. The van der Waals surface area contributed by atoms with Crippen molar-refractivity contribution in [3.05, 3.63) is 39.8 Å². The lowest BCUT2D eigenvalue weighted by molar-refractivity contribution is -0.136. The Labute approximate surface area is 148 Å². The number of nitrogens with zero attached hydrogens (tertiary/aromatic N) is 6. The van der Waals surface area contributed by atoms with E-state index in [1.54, 1.807) is 11.7 Å². The third-order valence-corrected chi connectivity index (χ3v) is 4.55. The molecule has 0 atom stereocenters. The van der Waals surface area contributed by atoms with Crippen molar-refractivity contribution in [1.82, 2.24) is 34.4 Å². The Hall–Kier alpha value is -3.01. The molecule has 0 aromatic carbocycles. The maximum absolute atomic E-state index is 12.2. The van der Waals surface area contributed by atoms with Gasteiger partial charge in [-0.3, -0.25) is 23.9 Å². The molecule has 0 amide bonds. The van der Waals surface area contributed by atoms with Crippen LogP contribution in [0.2, 0.25) is 0 Å². The van der Waals surface area contributed by atoms with Crippen LogP contribution in [0.15, 0.2) is 17.1 Å². The van der Waals surface area contributed by atoms with E-state index in [2.05, 4.69) is 25.1 Å². The normalized spacial score (nSPS) is 14.7. The lowest BCUT2D eigenvalue weighted by Crippen LogP contribution is -2.34. The third kappa shape index (κ3) is 3.10. The number of aromatic amines is 1. The predicted molar refractivity (Wildman–Crippen MR) is 91.4 cm³/mol. The number of hydrogen-bond acceptors (Lipinski definition) is 6. The van der Waals surface area contributed by atoms with Gasteiger partial charge in [-0.25, -0.2) is 4.98 Å². The van der Waals surface area contributed by atoms with E-state index in [4.69, 9.17) is 5.11 Å². The molecule has 136 valence electrons. The minimum Gasteiger partial charge on any atom is -0.481 e. The molecule has 26 heavy (non-hydrogen) atoms. The molecule has 0 saturated heterocycles. The average molecular weight is 357 g/mol. The van der Waals surface area contributed by atoms with Gasteiger partial charge in [-0.2, -0.15) is 10.2 Å². The number of rotatable bonds is 5. The zero-order valence-electron chi connectivity index (χ0n) is 14.3. The monoisotopic (exact) mass is 357 g/mol. The summed E-state index contributed by atoms with van der Waals surface area (Å²) in [6, 6.07) is 1.95. The summed E-state index contributed by atoms with van der Waals surface area (Å²) in [4.78, 5) is 32.4. The number of carbonyl (C=O) groups is 1.